The predicted molar refractivity (Wildman–Crippen MR) is 93.4 cm³/mol. The Morgan fingerprint density at radius 2 is 1.96 bits per heavy atom. The van der Waals surface area contributed by atoms with Gasteiger partial charge in [-0.2, -0.15) is 0 Å². The lowest BCUT2D eigenvalue weighted by atomic mass is 10.1. The van der Waals surface area contributed by atoms with E-state index in [1.807, 2.05) is 24.3 Å². The number of nitro groups is 1. The summed E-state index contributed by atoms with van der Waals surface area (Å²) < 4.78 is 5.64. The average molecular weight is 328 g/mol. The molecule has 0 aliphatic rings. The fraction of sp³-hybridized carbons (Fsp3) is 0.278. The van der Waals surface area contributed by atoms with Crippen molar-refractivity contribution in [2.45, 2.75) is 20.3 Å². The Balaban J connectivity index is 2.00. The maximum Gasteiger partial charge on any atom is 0.273 e. The fourth-order valence-corrected chi connectivity index (χ4v) is 1.94. The van der Waals surface area contributed by atoms with Crippen molar-refractivity contribution in [2.24, 2.45) is 10.9 Å². The van der Waals surface area contributed by atoms with Crippen molar-refractivity contribution >= 4 is 17.6 Å². The molecule has 126 valence electrons. The molecule has 0 atom stereocenters. The molecule has 0 radical (unpaired) electrons. The molecule has 6 heteroatoms. The van der Waals surface area contributed by atoms with Crippen LogP contribution in [-0.4, -0.2) is 22.9 Å². The zero-order chi connectivity index (χ0) is 17.5. The summed E-state index contributed by atoms with van der Waals surface area (Å²) in [6, 6.07) is 11.2. The number of ether oxygens (including phenoxy) is 1. The normalized spacial score (nSPS) is 11.1. The Hall–Kier alpha value is -2.89. The van der Waals surface area contributed by atoms with E-state index in [-0.39, 0.29) is 17.1 Å². The summed E-state index contributed by atoms with van der Waals surface area (Å²) in [5.41, 5.74) is 0.941. The van der Waals surface area contributed by atoms with E-state index < -0.39 is 4.92 Å². The number of non-ortho nitro benzene ring substituents is 1. The summed E-state index contributed by atoms with van der Waals surface area (Å²) >= 11 is 0. The van der Waals surface area contributed by atoms with Crippen LogP contribution in [0.4, 0.5) is 11.4 Å². The van der Waals surface area contributed by atoms with Crippen molar-refractivity contribution in [3.63, 3.8) is 0 Å². The fourth-order valence-electron chi connectivity index (χ4n) is 1.94. The van der Waals surface area contributed by atoms with Gasteiger partial charge in [0.15, 0.2) is 0 Å². The van der Waals surface area contributed by atoms with Crippen molar-refractivity contribution in [1.29, 1.82) is 0 Å². The van der Waals surface area contributed by atoms with Crippen LogP contribution >= 0.6 is 0 Å². The van der Waals surface area contributed by atoms with Crippen LogP contribution in [0.3, 0.4) is 0 Å². The summed E-state index contributed by atoms with van der Waals surface area (Å²) in [7, 11) is 0. The SMILES string of the molecule is CC(C)CCOc1ccc(C=Nc2ccc([N+](=O)[O-])cc2O)cc1. The molecule has 6 nitrogen and oxygen atoms in total. The van der Waals surface area contributed by atoms with Crippen LogP contribution in [0.5, 0.6) is 11.5 Å². The summed E-state index contributed by atoms with van der Waals surface area (Å²) in [5.74, 6) is 1.17. The molecule has 0 aliphatic heterocycles. The number of nitrogens with zero attached hydrogens (tertiary/aromatic N) is 2. The molecule has 0 bridgehead atoms. The first kappa shape index (κ1) is 17.5. The minimum Gasteiger partial charge on any atom is -0.505 e. The molecule has 2 rings (SSSR count). The molecular weight excluding hydrogens is 308 g/mol. The topological polar surface area (TPSA) is 85.0 Å². The lowest BCUT2D eigenvalue weighted by Gasteiger charge is -2.07. The second-order valence-electron chi connectivity index (χ2n) is 5.79. The summed E-state index contributed by atoms with van der Waals surface area (Å²) in [4.78, 5) is 14.2. The zero-order valence-corrected chi connectivity index (χ0v) is 13.7. The van der Waals surface area contributed by atoms with Gasteiger partial charge in [-0.25, -0.2) is 0 Å². The first-order valence-electron chi connectivity index (χ1n) is 7.70. The molecule has 1 N–H and O–H groups in total. The number of nitro benzene ring substituents is 1. The minimum absolute atomic E-state index is 0.172. The highest BCUT2D eigenvalue weighted by Gasteiger charge is 2.08. The molecule has 0 unspecified atom stereocenters. The van der Waals surface area contributed by atoms with Gasteiger partial charge in [0, 0.05) is 12.3 Å². The molecule has 0 amide bonds. The van der Waals surface area contributed by atoms with Gasteiger partial charge in [0.2, 0.25) is 0 Å². The van der Waals surface area contributed by atoms with Crippen molar-refractivity contribution in [3.05, 3.63) is 58.1 Å². The highest BCUT2D eigenvalue weighted by molar-refractivity contribution is 5.83. The summed E-state index contributed by atoms with van der Waals surface area (Å²) in [6.07, 6.45) is 2.58. The third kappa shape index (κ3) is 5.08. The summed E-state index contributed by atoms with van der Waals surface area (Å²) in [5, 5.41) is 20.4. The molecule has 0 saturated carbocycles. The third-order valence-corrected chi connectivity index (χ3v) is 3.37. The van der Waals surface area contributed by atoms with E-state index in [4.69, 9.17) is 4.74 Å². The molecule has 0 saturated heterocycles. The van der Waals surface area contributed by atoms with Gasteiger partial charge in [-0.15, -0.1) is 0 Å². The number of aromatic hydroxyl groups is 1. The minimum atomic E-state index is -0.564. The maximum absolute atomic E-state index is 10.6. The van der Waals surface area contributed by atoms with Gasteiger partial charge in [-0.1, -0.05) is 13.8 Å². The number of phenols is 1. The molecule has 24 heavy (non-hydrogen) atoms. The van der Waals surface area contributed by atoms with Crippen LogP contribution in [0.2, 0.25) is 0 Å². The number of aliphatic imine (C=N–C) groups is 1. The van der Waals surface area contributed by atoms with Gasteiger partial charge in [0.25, 0.3) is 5.69 Å². The van der Waals surface area contributed by atoms with Crippen LogP contribution in [0.1, 0.15) is 25.8 Å². The zero-order valence-electron chi connectivity index (χ0n) is 13.7. The van der Waals surface area contributed by atoms with E-state index in [0.717, 1.165) is 23.8 Å². The van der Waals surface area contributed by atoms with E-state index in [9.17, 15) is 15.2 Å². The van der Waals surface area contributed by atoms with E-state index >= 15 is 0 Å². The lowest BCUT2D eigenvalue weighted by molar-refractivity contribution is -0.384. The smallest absolute Gasteiger partial charge is 0.273 e. The second-order valence-corrected chi connectivity index (χ2v) is 5.79. The lowest BCUT2D eigenvalue weighted by Crippen LogP contribution is -2.01. The van der Waals surface area contributed by atoms with Crippen LogP contribution < -0.4 is 4.74 Å². The maximum atomic E-state index is 10.6. The molecule has 0 aliphatic carbocycles. The number of benzene rings is 2. The third-order valence-electron chi connectivity index (χ3n) is 3.37. The molecule has 2 aromatic carbocycles. The molecule has 0 spiro atoms. The number of hydrogen-bond donors (Lipinski definition) is 1. The van der Waals surface area contributed by atoms with Gasteiger partial charge in [-0.05, 0) is 48.2 Å². The van der Waals surface area contributed by atoms with Crippen LogP contribution in [0.15, 0.2) is 47.5 Å². The first-order valence-corrected chi connectivity index (χ1v) is 7.70. The van der Waals surface area contributed by atoms with E-state index in [1.54, 1.807) is 6.21 Å². The molecule has 0 heterocycles. The van der Waals surface area contributed by atoms with Gasteiger partial charge in [0.1, 0.15) is 17.2 Å². The monoisotopic (exact) mass is 328 g/mol. The molecule has 0 aromatic heterocycles. The summed E-state index contributed by atoms with van der Waals surface area (Å²) in [6.45, 7) is 4.98. The number of phenolic OH excluding ortho intramolecular Hbond substituents is 1. The molecular formula is C18H20N2O4. The van der Waals surface area contributed by atoms with Crippen molar-refractivity contribution in [1.82, 2.24) is 0 Å². The van der Waals surface area contributed by atoms with E-state index in [0.29, 0.717) is 12.5 Å². The van der Waals surface area contributed by atoms with Crippen molar-refractivity contribution in [3.8, 4) is 11.5 Å². The predicted octanol–water partition coefficient (Wildman–Crippen LogP) is 4.48. The van der Waals surface area contributed by atoms with Crippen LogP contribution in [-0.2, 0) is 0 Å². The van der Waals surface area contributed by atoms with Gasteiger partial charge >= 0.3 is 0 Å². The molecule has 2 aromatic rings. The van der Waals surface area contributed by atoms with E-state index in [1.165, 1.54) is 12.1 Å². The Labute approximate surface area is 140 Å². The van der Waals surface area contributed by atoms with Gasteiger partial charge in [0.05, 0.1) is 17.6 Å². The largest absolute Gasteiger partial charge is 0.505 e. The Morgan fingerprint density at radius 3 is 2.54 bits per heavy atom. The van der Waals surface area contributed by atoms with E-state index in [2.05, 4.69) is 18.8 Å². The molecule has 0 fully saturated rings. The van der Waals surface area contributed by atoms with Crippen molar-refractivity contribution < 1.29 is 14.8 Å². The van der Waals surface area contributed by atoms with Gasteiger partial charge in [-0.3, -0.25) is 15.1 Å². The first-order chi connectivity index (χ1) is 11.5. The number of hydrogen-bond acceptors (Lipinski definition) is 5. The highest BCUT2D eigenvalue weighted by Crippen LogP contribution is 2.30. The van der Waals surface area contributed by atoms with Crippen LogP contribution in [0, 0.1) is 16.0 Å². The van der Waals surface area contributed by atoms with Crippen molar-refractivity contribution in [2.75, 3.05) is 6.61 Å². The quantitative estimate of drug-likeness (QED) is 0.461. The van der Waals surface area contributed by atoms with Gasteiger partial charge < -0.3 is 9.84 Å². The number of rotatable bonds is 7. The Bertz CT molecular complexity index is 724. The van der Waals surface area contributed by atoms with Crippen LogP contribution in [0.25, 0.3) is 0 Å². The Kier molecular flexibility index (Phi) is 5.89. The Morgan fingerprint density at radius 1 is 1.25 bits per heavy atom. The average Bonchev–Trinajstić information content (AvgIpc) is 2.54. The highest BCUT2D eigenvalue weighted by atomic mass is 16.6. The second kappa shape index (κ2) is 8.10. The standard InChI is InChI=1S/C18H20N2O4/c1-13(2)9-10-24-16-6-3-14(4-7-16)12-19-17-8-5-15(20(22)23)11-18(17)21/h3-8,11-13,21H,9-10H2,1-2H3.